The highest BCUT2D eigenvalue weighted by atomic mass is 16.5. The van der Waals surface area contributed by atoms with E-state index in [2.05, 4.69) is 0 Å². The molecule has 3 N–H and O–H groups in total. The summed E-state index contributed by atoms with van der Waals surface area (Å²) in [7, 11) is 0. The van der Waals surface area contributed by atoms with Crippen LogP contribution in [-0.2, 0) is 15.9 Å². The van der Waals surface area contributed by atoms with E-state index in [1.54, 1.807) is 0 Å². The second-order valence-electron chi connectivity index (χ2n) is 5.45. The van der Waals surface area contributed by atoms with Gasteiger partial charge >= 0.3 is 0 Å². The molecule has 4 heteroatoms. The third-order valence-electron chi connectivity index (χ3n) is 3.67. The Morgan fingerprint density at radius 3 is 2.80 bits per heavy atom. The maximum atomic E-state index is 10.0. The average Bonchev–Trinajstić information content (AvgIpc) is 2.49. The molecule has 1 fully saturated rings. The van der Waals surface area contributed by atoms with Gasteiger partial charge in [0.05, 0.1) is 25.4 Å². The molecule has 1 aliphatic rings. The van der Waals surface area contributed by atoms with Crippen molar-refractivity contribution in [3.05, 3.63) is 35.9 Å². The van der Waals surface area contributed by atoms with Crippen LogP contribution in [0, 0.1) is 0 Å². The number of benzene rings is 1. The van der Waals surface area contributed by atoms with Gasteiger partial charge in [0.2, 0.25) is 0 Å². The predicted molar refractivity (Wildman–Crippen MR) is 78.5 cm³/mol. The summed E-state index contributed by atoms with van der Waals surface area (Å²) in [6, 6.07) is 9.66. The maximum absolute atomic E-state index is 10.0. The van der Waals surface area contributed by atoms with Crippen molar-refractivity contribution in [1.29, 1.82) is 0 Å². The fourth-order valence-corrected chi connectivity index (χ4v) is 2.40. The molecule has 1 aromatic carbocycles. The summed E-state index contributed by atoms with van der Waals surface area (Å²) in [5, 5.41) is 10.0. The van der Waals surface area contributed by atoms with Gasteiger partial charge in [0.15, 0.2) is 0 Å². The Morgan fingerprint density at radius 1 is 1.30 bits per heavy atom. The van der Waals surface area contributed by atoms with E-state index in [4.69, 9.17) is 15.2 Å². The molecule has 3 unspecified atom stereocenters. The second-order valence-corrected chi connectivity index (χ2v) is 5.45. The van der Waals surface area contributed by atoms with Crippen LogP contribution in [0.15, 0.2) is 30.3 Å². The molecule has 0 aromatic heterocycles. The highest BCUT2D eigenvalue weighted by Crippen LogP contribution is 2.13. The van der Waals surface area contributed by atoms with Gasteiger partial charge in [0.25, 0.3) is 0 Å². The minimum Gasteiger partial charge on any atom is -0.389 e. The highest BCUT2D eigenvalue weighted by molar-refractivity contribution is 5.16. The summed E-state index contributed by atoms with van der Waals surface area (Å²) in [6.07, 6.45) is 3.59. The summed E-state index contributed by atoms with van der Waals surface area (Å²) in [4.78, 5) is 0. The van der Waals surface area contributed by atoms with Gasteiger partial charge in [0.1, 0.15) is 0 Å². The predicted octanol–water partition coefficient (Wildman–Crippen LogP) is 1.50. The number of aliphatic hydroxyl groups is 1. The summed E-state index contributed by atoms with van der Waals surface area (Å²) < 4.78 is 11.1. The van der Waals surface area contributed by atoms with Crippen molar-refractivity contribution in [1.82, 2.24) is 0 Å². The van der Waals surface area contributed by atoms with Gasteiger partial charge in [-0.15, -0.1) is 0 Å². The zero-order valence-electron chi connectivity index (χ0n) is 11.9. The van der Waals surface area contributed by atoms with Crippen molar-refractivity contribution < 1.29 is 14.6 Å². The van der Waals surface area contributed by atoms with E-state index >= 15 is 0 Å². The number of aliphatic hydroxyl groups excluding tert-OH is 1. The molecule has 112 valence electrons. The van der Waals surface area contributed by atoms with Crippen LogP contribution >= 0.6 is 0 Å². The van der Waals surface area contributed by atoms with Gasteiger partial charge in [-0.05, 0) is 31.2 Å². The molecule has 0 amide bonds. The quantitative estimate of drug-likeness (QED) is 0.794. The van der Waals surface area contributed by atoms with Crippen molar-refractivity contribution >= 4 is 0 Å². The molecular weight excluding hydrogens is 254 g/mol. The topological polar surface area (TPSA) is 64.7 Å². The average molecular weight is 279 g/mol. The van der Waals surface area contributed by atoms with Crippen LogP contribution in [0.2, 0.25) is 0 Å². The third-order valence-corrected chi connectivity index (χ3v) is 3.67. The van der Waals surface area contributed by atoms with Crippen LogP contribution in [0.1, 0.15) is 24.8 Å². The molecule has 0 aliphatic carbocycles. The molecule has 1 aliphatic heterocycles. The standard InChI is InChI=1S/C16H25NO3/c17-15(10-13-6-2-1-3-7-13)16(18)12-19-11-14-8-4-5-9-20-14/h1-3,6-7,14-16,18H,4-5,8-12,17H2. The Kier molecular flexibility index (Phi) is 6.47. The smallest absolute Gasteiger partial charge is 0.0927 e. The van der Waals surface area contributed by atoms with Gasteiger partial charge in [-0.2, -0.15) is 0 Å². The van der Waals surface area contributed by atoms with Crippen LogP contribution in [0.3, 0.4) is 0 Å². The second kappa shape index (κ2) is 8.37. The lowest BCUT2D eigenvalue weighted by Gasteiger charge is -2.24. The first-order valence-electron chi connectivity index (χ1n) is 7.42. The molecule has 4 nitrogen and oxygen atoms in total. The first-order valence-corrected chi connectivity index (χ1v) is 7.42. The van der Waals surface area contributed by atoms with E-state index in [1.807, 2.05) is 30.3 Å². The summed E-state index contributed by atoms with van der Waals surface area (Å²) in [5.41, 5.74) is 7.14. The van der Waals surface area contributed by atoms with Crippen LogP contribution in [0.25, 0.3) is 0 Å². The van der Waals surface area contributed by atoms with Crippen LogP contribution < -0.4 is 5.73 Å². The zero-order valence-corrected chi connectivity index (χ0v) is 11.9. The molecule has 0 radical (unpaired) electrons. The van der Waals surface area contributed by atoms with Gasteiger partial charge in [0, 0.05) is 12.6 Å². The van der Waals surface area contributed by atoms with E-state index in [0.29, 0.717) is 13.0 Å². The molecule has 0 saturated carbocycles. The lowest BCUT2D eigenvalue weighted by Crippen LogP contribution is -2.40. The van der Waals surface area contributed by atoms with E-state index in [9.17, 15) is 5.11 Å². The third kappa shape index (κ3) is 5.21. The SMILES string of the molecule is NC(Cc1ccccc1)C(O)COCC1CCCCO1. The Labute approximate surface area is 120 Å². The molecule has 3 atom stereocenters. The molecule has 2 rings (SSSR count). The molecule has 20 heavy (non-hydrogen) atoms. The Morgan fingerprint density at radius 2 is 2.10 bits per heavy atom. The molecule has 1 saturated heterocycles. The van der Waals surface area contributed by atoms with Crippen molar-refractivity contribution in [2.45, 2.75) is 43.9 Å². The van der Waals surface area contributed by atoms with Crippen LogP contribution in [-0.4, -0.2) is 43.2 Å². The largest absolute Gasteiger partial charge is 0.389 e. The van der Waals surface area contributed by atoms with Crippen molar-refractivity contribution in [2.24, 2.45) is 5.73 Å². The van der Waals surface area contributed by atoms with Gasteiger partial charge in [-0.25, -0.2) is 0 Å². The first kappa shape index (κ1) is 15.4. The van der Waals surface area contributed by atoms with E-state index < -0.39 is 6.10 Å². The summed E-state index contributed by atoms with van der Waals surface area (Å²) in [5.74, 6) is 0. The Hall–Kier alpha value is -0.940. The van der Waals surface area contributed by atoms with E-state index in [1.165, 1.54) is 6.42 Å². The van der Waals surface area contributed by atoms with Crippen LogP contribution in [0.4, 0.5) is 0 Å². The van der Waals surface area contributed by atoms with Gasteiger partial charge < -0.3 is 20.3 Å². The number of hydrogen-bond donors (Lipinski definition) is 2. The number of ether oxygens (including phenoxy) is 2. The highest BCUT2D eigenvalue weighted by Gasteiger charge is 2.18. The molecule has 1 heterocycles. The fourth-order valence-electron chi connectivity index (χ4n) is 2.40. The lowest BCUT2D eigenvalue weighted by molar-refractivity contribution is -0.0598. The van der Waals surface area contributed by atoms with Crippen molar-refractivity contribution in [3.8, 4) is 0 Å². The van der Waals surface area contributed by atoms with E-state index in [0.717, 1.165) is 25.0 Å². The number of nitrogens with two attached hydrogens (primary N) is 1. The minimum absolute atomic E-state index is 0.182. The van der Waals surface area contributed by atoms with Crippen molar-refractivity contribution in [2.75, 3.05) is 19.8 Å². The maximum Gasteiger partial charge on any atom is 0.0927 e. The molecular formula is C16H25NO3. The Bertz CT molecular complexity index is 365. The number of hydrogen-bond acceptors (Lipinski definition) is 4. The van der Waals surface area contributed by atoms with Crippen LogP contribution in [0.5, 0.6) is 0 Å². The minimum atomic E-state index is -0.640. The molecule has 0 spiro atoms. The first-order chi connectivity index (χ1) is 9.75. The van der Waals surface area contributed by atoms with E-state index in [-0.39, 0.29) is 18.8 Å². The van der Waals surface area contributed by atoms with Gasteiger partial charge in [-0.1, -0.05) is 30.3 Å². The van der Waals surface area contributed by atoms with Gasteiger partial charge in [-0.3, -0.25) is 0 Å². The monoisotopic (exact) mass is 279 g/mol. The Balaban J connectivity index is 1.64. The number of rotatable bonds is 7. The molecule has 1 aromatic rings. The molecule has 0 bridgehead atoms. The lowest BCUT2D eigenvalue weighted by atomic mass is 10.0. The summed E-state index contributed by atoms with van der Waals surface area (Å²) in [6.45, 7) is 1.65. The summed E-state index contributed by atoms with van der Waals surface area (Å²) >= 11 is 0. The normalized spacial score (nSPS) is 22.4. The van der Waals surface area contributed by atoms with Crippen molar-refractivity contribution in [3.63, 3.8) is 0 Å². The zero-order chi connectivity index (χ0) is 14.2. The fraction of sp³-hybridized carbons (Fsp3) is 0.625.